The van der Waals surface area contributed by atoms with E-state index in [1.807, 2.05) is 6.92 Å². The van der Waals surface area contributed by atoms with E-state index in [9.17, 15) is 4.79 Å². The van der Waals surface area contributed by atoms with E-state index in [-0.39, 0.29) is 11.4 Å². The number of esters is 1. The summed E-state index contributed by atoms with van der Waals surface area (Å²) in [5.41, 5.74) is 0.0695. The van der Waals surface area contributed by atoms with Gasteiger partial charge in [0.1, 0.15) is 5.44 Å². The van der Waals surface area contributed by atoms with Crippen molar-refractivity contribution in [1.29, 1.82) is 0 Å². The van der Waals surface area contributed by atoms with Crippen molar-refractivity contribution in [2.75, 3.05) is 19.0 Å². The Morgan fingerprint density at radius 1 is 0.633 bits per heavy atom. The number of carbonyl (C=O) groups excluding carboxylic acids is 1. The maximum Gasteiger partial charge on any atom is 0.315 e. The van der Waals surface area contributed by atoms with Gasteiger partial charge in [-0.05, 0) is 19.8 Å². The molecule has 0 aliphatic rings. The van der Waals surface area contributed by atoms with Gasteiger partial charge in [0.05, 0.1) is 12.4 Å². The van der Waals surface area contributed by atoms with E-state index in [2.05, 4.69) is 13.8 Å². The number of carbonyl (C=O) groups is 1. The lowest BCUT2D eigenvalue weighted by molar-refractivity contribution is -0.140. The maximum absolute atomic E-state index is 11.6. The van der Waals surface area contributed by atoms with Crippen molar-refractivity contribution in [2.24, 2.45) is 0 Å². The quantitative estimate of drug-likeness (QED) is 0.0847. The summed E-state index contributed by atoms with van der Waals surface area (Å²) in [6.07, 6.45) is 24.2. The normalized spacial score (nSPS) is 12.2. The molecule has 0 aromatic rings. The van der Waals surface area contributed by atoms with E-state index in [0.29, 0.717) is 12.4 Å². The van der Waals surface area contributed by atoms with Crippen molar-refractivity contribution in [3.8, 4) is 0 Å². The summed E-state index contributed by atoms with van der Waals surface area (Å²) in [5.74, 6) is 0.274. The Morgan fingerprint density at radius 2 is 1.07 bits per heavy atom. The maximum atomic E-state index is 11.6. The molecule has 0 aromatic heterocycles. The zero-order valence-electron chi connectivity index (χ0n) is 20.6. The molecular weight excluding hydrogens is 392 g/mol. The zero-order valence-corrected chi connectivity index (χ0v) is 21.4. The number of thioether (sulfide) groups is 1. The molecule has 0 rings (SSSR count). The topological polar surface area (TPSA) is 35.5 Å². The lowest BCUT2D eigenvalue weighted by atomic mass is 10.0. The molecule has 0 spiro atoms. The Morgan fingerprint density at radius 3 is 1.53 bits per heavy atom. The summed E-state index contributed by atoms with van der Waals surface area (Å²) in [5, 5.41) is 0. The number of ether oxygens (including phenoxy) is 2. The number of hydrogen-bond acceptors (Lipinski definition) is 4. The highest BCUT2D eigenvalue weighted by atomic mass is 32.2. The molecule has 1 unspecified atom stereocenters. The van der Waals surface area contributed by atoms with Gasteiger partial charge >= 0.3 is 5.97 Å². The second kappa shape index (κ2) is 25.0. The largest absolute Gasteiger partial charge is 0.465 e. The molecule has 180 valence electrons. The molecule has 0 heterocycles. The van der Waals surface area contributed by atoms with Crippen LogP contribution in [0.4, 0.5) is 0 Å². The highest BCUT2D eigenvalue weighted by Gasteiger charge is 2.08. The third-order valence-electron chi connectivity index (χ3n) is 5.55. The van der Waals surface area contributed by atoms with Crippen LogP contribution in [0, 0.1) is 0 Å². The molecule has 0 aliphatic carbocycles. The second-order valence-corrected chi connectivity index (χ2v) is 9.91. The summed E-state index contributed by atoms with van der Waals surface area (Å²) in [6, 6.07) is 0. The molecule has 0 bridgehead atoms. The fourth-order valence-corrected chi connectivity index (χ4v) is 4.15. The van der Waals surface area contributed by atoms with Crippen LogP contribution in [0.15, 0.2) is 0 Å². The first-order valence-corrected chi connectivity index (χ1v) is 14.1. The van der Waals surface area contributed by atoms with Crippen molar-refractivity contribution >= 4 is 17.7 Å². The Labute approximate surface area is 192 Å². The molecule has 4 heteroatoms. The third kappa shape index (κ3) is 24.1. The SMILES string of the molecule is CCCCCCCCCCCCCCCCCCOC(C)SCC(=O)OCCCC. The van der Waals surface area contributed by atoms with Crippen molar-refractivity contribution in [2.45, 2.75) is 142 Å². The Hall–Kier alpha value is -0.220. The van der Waals surface area contributed by atoms with Gasteiger partial charge in [-0.2, -0.15) is 0 Å². The molecule has 0 aliphatic heterocycles. The average Bonchev–Trinajstić information content (AvgIpc) is 2.74. The fourth-order valence-electron chi connectivity index (χ4n) is 3.50. The second-order valence-electron chi connectivity index (χ2n) is 8.63. The van der Waals surface area contributed by atoms with Crippen LogP contribution in [0.3, 0.4) is 0 Å². The van der Waals surface area contributed by atoms with Gasteiger partial charge in [-0.25, -0.2) is 0 Å². The molecule has 0 radical (unpaired) electrons. The van der Waals surface area contributed by atoms with Gasteiger partial charge < -0.3 is 9.47 Å². The molecule has 0 aromatic carbocycles. The van der Waals surface area contributed by atoms with Crippen molar-refractivity contribution in [1.82, 2.24) is 0 Å². The molecule has 3 nitrogen and oxygen atoms in total. The first-order valence-electron chi connectivity index (χ1n) is 13.1. The van der Waals surface area contributed by atoms with Crippen molar-refractivity contribution < 1.29 is 14.3 Å². The summed E-state index contributed by atoms with van der Waals surface area (Å²) in [4.78, 5) is 11.6. The van der Waals surface area contributed by atoms with Crippen molar-refractivity contribution in [3.05, 3.63) is 0 Å². The number of hydrogen-bond donors (Lipinski definition) is 0. The average molecular weight is 445 g/mol. The van der Waals surface area contributed by atoms with Crippen LogP contribution in [0.5, 0.6) is 0 Å². The third-order valence-corrected chi connectivity index (χ3v) is 6.56. The highest BCUT2D eigenvalue weighted by Crippen LogP contribution is 2.15. The standard InChI is InChI=1S/C26H52O3S/c1-4-6-8-9-10-11-12-13-14-15-16-17-18-19-20-21-23-28-25(3)30-24-26(27)29-22-7-5-2/h25H,4-24H2,1-3H3. The minimum Gasteiger partial charge on any atom is -0.465 e. The molecule has 0 saturated heterocycles. The summed E-state index contributed by atoms with van der Waals surface area (Å²) in [6.45, 7) is 7.75. The van der Waals surface area contributed by atoms with Crippen LogP contribution in [-0.2, 0) is 14.3 Å². The molecular formula is C26H52O3S. The van der Waals surface area contributed by atoms with Crippen molar-refractivity contribution in [3.63, 3.8) is 0 Å². The Kier molecular flexibility index (Phi) is 24.9. The lowest BCUT2D eigenvalue weighted by Gasteiger charge is -2.12. The number of unbranched alkanes of at least 4 members (excludes halogenated alkanes) is 16. The molecule has 1 atom stereocenters. The van der Waals surface area contributed by atoms with E-state index >= 15 is 0 Å². The van der Waals surface area contributed by atoms with E-state index < -0.39 is 0 Å². The fraction of sp³-hybridized carbons (Fsp3) is 0.962. The van der Waals surface area contributed by atoms with Crippen LogP contribution in [0.2, 0.25) is 0 Å². The van der Waals surface area contributed by atoms with Gasteiger partial charge in [-0.15, -0.1) is 11.8 Å². The monoisotopic (exact) mass is 444 g/mol. The molecule has 0 saturated carbocycles. The Bertz CT molecular complexity index is 349. The molecule has 0 N–H and O–H groups in total. The van der Waals surface area contributed by atoms with Gasteiger partial charge in [0.25, 0.3) is 0 Å². The minimum absolute atomic E-state index is 0.0695. The number of rotatable bonds is 24. The minimum atomic E-state index is -0.119. The van der Waals surface area contributed by atoms with E-state index in [0.717, 1.165) is 25.9 Å². The first-order chi connectivity index (χ1) is 14.7. The van der Waals surface area contributed by atoms with E-state index in [1.165, 1.54) is 108 Å². The summed E-state index contributed by atoms with van der Waals surface area (Å²) in [7, 11) is 0. The van der Waals surface area contributed by atoms with Crippen LogP contribution in [0.25, 0.3) is 0 Å². The summed E-state index contributed by atoms with van der Waals surface area (Å²) >= 11 is 1.53. The molecule has 0 amide bonds. The summed E-state index contributed by atoms with van der Waals surface area (Å²) < 4.78 is 10.9. The first kappa shape index (κ1) is 29.8. The van der Waals surface area contributed by atoms with Crippen LogP contribution in [0.1, 0.15) is 136 Å². The van der Waals surface area contributed by atoms with Gasteiger partial charge in [0.15, 0.2) is 0 Å². The zero-order chi connectivity index (χ0) is 22.1. The van der Waals surface area contributed by atoms with Crippen LogP contribution >= 0.6 is 11.8 Å². The van der Waals surface area contributed by atoms with Crippen LogP contribution < -0.4 is 0 Å². The van der Waals surface area contributed by atoms with Crippen LogP contribution in [-0.4, -0.2) is 30.4 Å². The van der Waals surface area contributed by atoms with E-state index in [4.69, 9.17) is 9.47 Å². The molecule has 30 heavy (non-hydrogen) atoms. The van der Waals surface area contributed by atoms with Gasteiger partial charge in [0.2, 0.25) is 0 Å². The predicted octanol–water partition coefficient (Wildman–Crippen LogP) is 8.69. The van der Waals surface area contributed by atoms with Gasteiger partial charge in [-0.3, -0.25) is 4.79 Å². The van der Waals surface area contributed by atoms with E-state index in [1.54, 1.807) is 0 Å². The lowest BCUT2D eigenvalue weighted by Crippen LogP contribution is -2.13. The highest BCUT2D eigenvalue weighted by molar-refractivity contribution is 8.00. The predicted molar refractivity (Wildman–Crippen MR) is 133 cm³/mol. The van der Waals surface area contributed by atoms with Gasteiger partial charge in [0, 0.05) is 6.61 Å². The Balaban J connectivity index is 3.19. The molecule has 0 fully saturated rings. The van der Waals surface area contributed by atoms with Gasteiger partial charge in [-0.1, -0.05) is 117 Å². The smallest absolute Gasteiger partial charge is 0.315 e.